The number of carbonyl (C=O) groups is 2. The van der Waals surface area contributed by atoms with Gasteiger partial charge in [0.15, 0.2) is 0 Å². The molecule has 166 valence electrons. The number of nitrogens with zero attached hydrogens (tertiary/aromatic N) is 4. The summed E-state index contributed by atoms with van der Waals surface area (Å²) in [5.74, 6) is -1.89. The van der Waals surface area contributed by atoms with E-state index in [1.165, 1.54) is 18.2 Å². The van der Waals surface area contributed by atoms with Crippen molar-refractivity contribution in [2.75, 3.05) is 0 Å². The molecule has 1 aromatic carbocycles. The molecule has 9 heteroatoms. The number of carboxylic acids is 1. The molecule has 0 bridgehead atoms. The minimum Gasteiger partial charge on any atom is -0.481 e. The summed E-state index contributed by atoms with van der Waals surface area (Å²) in [6.45, 7) is 3.91. The zero-order valence-corrected chi connectivity index (χ0v) is 17.6. The Morgan fingerprint density at radius 3 is 2.41 bits per heavy atom. The van der Waals surface area contributed by atoms with E-state index in [0.717, 1.165) is 0 Å². The second kappa shape index (κ2) is 10.1. The Morgan fingerprint density at radius 1 is 1.16 bits per heavy atom. The largest absolute Gasteiger partial charge is 0.481 e. The number of carboxylic acid groups (broad SMARTS) is 1. The molecule has 0 fully saturated rings. The first kappa shape index (κ1) is 23.0. The number of halogens is 1. The highest BCUT2D eigenvalue weighted by Crippen LogP contribution is 2.33. The summed E-state index contributed by atoms with van der Waals surface area (Å²) in [4.78, 5) is 30.9. The standard InChI is InChI=1S/C23H23FN4O4/c1-14(2)21-19(9-8-17(29)12-18(30)13-20(31)32)22(15-4-6-16(24)7-5-15)28(27-21)23-25-10-3-11-26-23/h3-11,14,17,29H,12-13H2,1-2H3,(H,31,32). The first-order valence-corrected chi connectivity index (χ1v) is 10.0. The fourth-order valence-corrected chi connectivity index (χ4v) is 3.22. The van der Waals surface area contributed by atoms with Crippen LogP contribution in [0.3, 0.4) is 0 Å². The van der Waals surface area contributed by atoms with Gasteiger partial charge in [0.05, 0.1) is 17.5 Å². The van der Waals surface area contributed by atoms with Crippen LogP contribution in [0.15, 0.2) is 48.8 Å². The third-order valence-corrected chi connectivity index (χ3v) is 4.63. The molecule has 0 spiro atoms. The van der Waals surface area contributed by atoms with Crippen LogP contribution < -0.4 is 0 Å². The minimum absolute atomic E-state index is 0.00963. The number of benzene rings is 1. The lowest BCUT2D eigenvalue weighted by molar-refractivity contribution is -0.140. The molecule has 32 heavy (non-hydrogen) atoms. The minimum atomic E-state index is -1.24. The van der Waals surface area contributed by atoms with Gasteiger partial charge in [-0.1, -0.05) is 26.0 Å². The van der Waals surface area contributed by atoms with Gasteiger partial charge in [0.1, 0.15) is 18.0 Å². The van der Waals surface area contributed by atoms with Gasteiger partial charge in [0, 0.05) is 29.9 Å². The number of hydrogen-bond acceptors (Lipinski definition) is 6. The number of aliphatic hydroxyl groups excluding tert-OH is 1. The van der Waals surface area contributed by atoms with Gasteiger partial charge in [-0.05, 0) is 36.2 Å². The molecule has 2 heterocycles. The van der Waals surface area contributed by atoms with E-state index in [9.17, 15) is 19.1 Å². The van der Waals surface area contributed by atoms with Crippen LogP contribution in [0, 0.1) is 5.82 Å². The van der Waals surface area contributed by atoms with Crippen molar-refractivity contribution in [1.29, 1.82) is 0 Å². The first-order chi connectivity index (χ1) is 15.3. The Labute approximate surface area is 184 Å². The summed E-state index contributed by atoms with van der Waals surface area (Å²) in [6, 6.07) is 7.57. The molecule has 0 saturated carbocycles. The number of rotatable bonds is 9. The van der Waals surface area contributed by atoms with Crippen molar-refractivity contribution < 1.29 is 24.2 Å². The summed E-state index contributed by atoms with van der Waals surface area (Å²) < 4.78 is 15.1. The lowest BCUT2D eigenvalue weighted by Crippen LogP contribution is -2.14. The number of carbonyl (C=O) groups excluding carboxylic acids is 1. The van der Waals surface area contributed by atoms with E-state index < -0.39 is 24.3 Å². The van der Waals surface area contributed by atoms with Crippen LogP contribution in [-0.4, -0.2) is 47.8 Å². The van der Waals surface area contributed by atoms with E-state index in [2.05, 4.69) is 15.1 Å². The van der Waals surface area contributed by atoms with Crippen molar-refractivity contribution >= 4 is 17.8 Å². The molecule has 2 aromatic heterocycles. The number of aliphatic hydroxyl groups is 1. The Kier molecular flexibility index (Phi) is 7.21. The SMILES string of the molecule is CC(C)c1nn(-c2ncccn2)c(-c2ccc(F)cc2)c1C=CC(O)CC(=O)CC(=O)O. The van der Waals surface area contributed by atoms with Crippen LogP contribution in [0.4, 0.5) is 4.39 Å². The van der Waals surface area contributed by atoms with E-state index in [1.807, 2.05) is 13.8 Å². The average Bonchev–Trinajstić information content (AvgIpc) is 3.12. The van der Waals surface area contributed by atoms with Gasteiger partial charge in [-0.3, -0.25) is 9.59 Å². The van der Waals surface area contributed by atoms with Crippen molar-refractivity contribution in [3.63, 3.8) is 0 Å². The molecule has 1 unspecified atom stereocenters. The average molecular weight is 438 g/mol. The molecule has 3 rings (SSSR count). The maximum atomic E-state index is 13.6. The molecule has 0 aliphatic carbocycles. The Hall–Kier alpha value is -3.72. The van der Waals surface area contributed by atoms with Crippen LogP contribution in [0.2, 0.25) is 0 Å². The van der Waals surface area contributed by atoms with E-state index in [4.69, 9.17) is 5.11 Å². The van der Waals surface area contributed by atoms with Gasteiger partial charge in [0.2, 0.25) is 0 Å². The number of Topliss-reactive ketones (excluding diaryl/α,β-unsaturated/α-hetero) is 1. The maximum absolute atomic E-state index is 13.6. The van der Waals surface area contributed by atoms with Crippen LogP contribution in [-0.2, 0) is 9.59 Å². The predicted molar refractivity (Wildman–Crippen MR) is 116 cm³/mol. The summed E-state index contributed by atoms with van der Waals surface area (Å²) in [6.07, 6.45) is 4.10. The van der Waals surface area contributed by atoms with Gasteiger partial charge in [-0.2, -0.15) is 9.78 Å². The number of aliphatic carboxylic acids is 1. The number of hydrogen-bond donors (Lipinski definition) is 2. The van der Waals surface area contributed by atoms with E-state index in [-0.39, 0.29) is 18.2 Å². The molecule has 3 aromatic rings. The summed E-state index contributed by atoms with van der Waals surface area (Å²) >= 11 is 0. The van der Waals surface area contributed by atoms with Crippen LogP contribution >= 0.6 is 0 Å². The van der Waals surface area contributed by atoms with Gasteiger partial charge in [-0.15, -0.1) is 0 Å². The Bertz CT molecular complexity index is 1120. The lowest BCUT2D eigenvalue weighted by atomic mass is 9.99. The monoisotopic (exact) mass is 438 g/mol. The molecule has 0 aliphatic heterocycles. The van der Waals surface area contributed by atoms with Gasteiger partial charge in [-0.25, -0.2) is 14.4 Å². The van der Waals surface area contributed by atoms with Crippen molar-refractivity contribution in [2.24, 2.45) is 0 Å². The predicted octanol–water partition coefficient (Wildman–Crippen LogP) is 3.40. The highest BCUT2D eigenvalue weighted by molar-refractivity contribution is 5.95. The molecular formula is C23H23FN4O4. The Balaban J connectivity index is 2.09. The lowest BCUT2D eigenvalue weighted by Gasteiger charge is -2.08. The Morgan fingerprint density at radius 2 is 1.81 bits per heavy atom. The summed E-state index contributed by atoms with van der Waals surface area (Å²) in [5.41, 5.74) is 2.61. The molecule has 0 amide bonds. The van der Waals surface area contributed by atoms with E-state index in [1.54, 1.807) is 41.4 Å². The van der Waals surface area contributed by atoms with Gasteiger partial charge in [0.25, 0.3) is 5.95 Å². The zero-order valence-electron chi connectivity index (χ0n) is 17.6. The molecule has 0 aliphatic rings. The molecule has 2 N–H and O–H groups in total. The topological polar surface area (TPSA) is 118 Å². The second-order valence-corrected chi connectivity index (χ2v) is 7.51. The summed E-state index contributed by atoms with van der Waals surface area (Å²) in [7, 11) is 0. The molecule has 8 nitrogen and oxygen atoms in total. The van der Waals surface area contributed by atoms with Crippen molar-refractivity contribution in [2.45, 2.75) is 38.7 Å². The summed E-state index contributed by atoms with van der Waals surface area (Å²) in [5, 5.41) is 23.6. The van der Waals surface area contributed by atoms with E-state index >= 15 is 0 Å². The van der Waals surface area contributed by atoms with Crippen LogP contribution in [0.5, 0.6) is 0 Å². The quantitative estimate of drug-likeness (QED) is 0.492. The van der Waals surface area contributed by atoms with Crippen molar-refractivity contribution in [1.82, 2.24) is 19.7 Å². The fraction of sp³-hybridized carbons (Fsp3) is 0.261. The van der Waals surface area contributed by atoms with Crippen LogP contribution in [0.25, 0.3) is 23.3 Å². The van der Waals surface area contributed by atoms with Gasteiger partial charge < -0.3 is 10.2 Å². The second-order valence-electron chi connectivity index (χ2n) is 7.51. The third-order valence-electron chi connectivity index (χ3n) is 4.63. The van der Waals surface area contributed by atoms with Crippen LogP contribution in [0.1, 0.15) is 43.9 Å². The maximum Gasteiger partial charge on any atom is 0.310 e. The molecule has 1 atom stereocenters. The van der Waals surface area contributed by atoms with Crippen molar-refractivity contribution in [3.05, 3.63) is 65.9 Å². The van der Waals surface area contributed by atoms with Crippen molar-refractivity contribution in [3.8, 4) is 17.2 Å². The normalized spacial score (nSPS) is 12.4. The van der Waals surface area contributed by atoms with E-state index in [0.29, 0.717) is 28.5 Å². The smallest absolute Gasteiger partial charge is 0.310 e. The molecule has 0 radical (unpaired) electrons. The first-order valence-electron chi connectivity index (χ1n) is 10.0. The number of aromatic nitrogens is 4. The highest BCUT2D eigenvalue weighted by atomic mass is 19.1. The zero-order chi connectivity index (χ0) is 23.3. The fourth-order valence-electron chi connectivity index (χ4n) is 3.22. The molecule has 0 saturated heterocycles. The molecular weight excluding hydrogens is 415 g/mol. The third kappa shape index (κ3) is 5.50. The number of ketones is 1. The van der Waals surface area contributed by atoms with Gasteiger partial charge >= 0.3 is 5.97 Å². The highest BCUT2D eigenvalue weighted by Gasteiger charge is 2.22.